The first-order valence-corrected chi connectivity index (χ1v) is 9.51. The van der Waals surface area contributed by atoms with Crippen molar-refractivity contribution in [2.75, 3.05) is 32.8 Å². The fourth-order valence-corrected chi connectivity index (χ4v) is 2.93. The SMILES string of the molecule is CC[NH+](CC(=O)N[C@@H](C)c1ccc2c(c1)OCCO2)CC(=O)NC(C)(C)C. The first kappa shape index (κ1) is 21.0. The third kappa shape index (κ3) is 6.75. The monoisotopic (exact) mass is 378 g/mol. The van der Waals surface area contributed by atoms with Crippen molar-refractivity contribution in [1.29, 1.82) is 0 Å². The molecule has 0 fully saturated rings. The average molecular weight is 378 g/mol. The van der Waals surface area contributed by atoms with Crippen molar-refractivity contribution in [1.82, 2.24) is 10.6 Å². The molecule has 0 aromatic heterocycles. The summed E-state index contributed by atoms with van der Waals surface area (Å²) in [4.78, 5) is 25.5. The van der Waals surface area contributed by atoms with Crippen LogP contribution in [0.2, 0.25) is 0 Å². The number of ether oxygens (including phenoxy) is 2. The molecule has 0 aliphatic carbocycles. The number of fused-ring (bicyclic) bond motifs is 1. The Kier molecular flexibility index (Phi) is 7.07. The van der Waals surface area contributed by atoms with Gasteiger partial charge in [-0.3, -0.25) is 9.59 Å². The average Bonchev–Trinajstić information content (AvgIpc) is 2.58. The van der Waals surface area contributed by atoms with Crippen molar-refractivity contribution >= 4 is 11.8 Å². The van der Waals surface area contributed by atoms with Gasteiger partial charge in [0, 0.05) is 5.54 Å². The Balaban J connectivity index is 1.88. The van der Waals surface area contributed by atoms with Gasteiger partial charge in [0.2, 0.25) is 0 Å². The number of rotatable bonds is 7. The van der Waals surface area contributed by atoms with Crippen molar-refractivity contribution in [3.63, 3.8) is 0 Å². The molecule has 0 saturated carbocycles. The molecule has 150 valence electrons. The van der Waals surface area contributed by atoms with Crippen LogP contribution in [0.15, 0.2) is 18.2 Å². The van der Waals surface area contributed by atoms with Gasteiger partial charge in [-0.05, 0) is 52.3 Å². The highest BCUT2D eigenvalue weighted by Gasteiger charge is 2.22. The van der Waals surface area contributed by atoms with Crippen LogP contribution in [-0.2, 0) is 9.59 Å². The number of nitrogens with one attached hydrogen (secondary N) is 3. The molecule has 1 heterocycles. The van der Waals surface area contributed by atoms with Gasteiger partial charge in [-0.1, -0.05) is 6.07 Å². The van der Waals surface area contributed by atoms with Gasteiger partial charge in [0.15, 0.2) is 24.6 Å². The lowest BCUT2D eigenvalue weighted by Gasteiger charge is -2.24. The number of quaternary nitrogens is 1. The fraction of sp³-hybridized carbons (Fsp3) is 0.600. The molecule has 2 amide bonds. The molecule has 2 atom stereocenters. The smallest absolute Gasteiger partial charge is 0.275 e. The summed E-state index contributed by atoms with van der Waals surface area (Å²) in [5.41, 5.74) is 0.682. The number of carbonyl (C=O) groups excluding carboxylic acids is 2. The molecular formula is C20H32N3O4+. The van der Waals surface area contributed by atoms with Gasteiger partial charge in [0.1, 0.15) is 13.2 Å². The zero-order valence-electron chi connectivity index (χ0n) is 17.0. The van der Waals surface area contributed by atoms with E-state index in [1.165, 1.54) is 0 Å². The summed E-state index contributed by atoms with van der Waals surface area (Å²) in [6.07, 6.45) is 0. The van der Waals surface area contributed by atoms with Gasteiger partial charge >= 0.3 is 0 Å². The van der Waals surface area contributed by atoms with Crippen molar-refractivity contribution in [3.05, 3.63) is 23.8 Å². The highest BCUT2D eigenvalue weighted by molar-refractivity contribution is 5.79. The van der Waals surface area contributed by atoms with Gasteiger partial charge in [-0.2, -0.15) is 0 Å². The Bertz CT molecular complexity index is 670. The molecule has 2 rings (SSSR count). The van der Waals surface area contributed by atoms with E-state index in [2.05, 4.69) is 10.6 Å². The number of likely N-dealkylation sites (N-methyl/N-ethyl adjacent to an activating group) is 1. The standard InChI is InChI=1S/C20H31N3O4/c1-6-23(13-19(25)22-20(3,4)5)12-18(24)21-14(2)15-7-8-16-17(11-15)27-10-9-26-16/h7-8,11,14H,6,9-10,12-13H2,1-5H3,(H,21,24)(H,22,25)/p+1/t14-/m0/s1. The maximum absolute atomic E-state index is 12.4. The van der Waals surface area contributed by atoms with Gasteiger partial charge < -0.3 is 25.0 Å². The molecule has 1 aliphatic rings. The molecule has 1 aromatic rings. The topological polar surface area (TPSA) is 81.1 Å². The van der Waals surface area contributed by atoms with Crippen molar-refractivity contribution in [2.24, 2.45) is 0 Å². The second kappa shape index (κ2) is 9.08. The maximum atomic E-state index is 12.4. The van der Waals surface area contributed by atoms with Crippen molar-refractivity contribution in [2.45, 2.75) is 46.2 Å². The first-order valence-electron chi connectivity index (χ1n) is 9.51. The molecular weight excluding hydrogens is 346 g/mol. The number of carbonyl (C=O) groups is 2. The van der Waals surface area contributed by atoms with E-state index < -0.39 is 0 Å². The Labute approximate surface area is 161 Å². The minimum absolute atomic E-state index is 0.0490. The molecule has 1 aliphatic heterocycles. The molecule has 7 heteroatoms. The molecule has 0 spiro atoms. The zero-order valence-corrected chi connectivity index (χ0v) is 17.0. The van der Waals surface area contributed by atoms with E-state index in [4.69, 9.17) is 9.47 Å². The van der Waals surface area contributed by atoms with E-state index in [0.29, 0.717) is 25.5 Å². The number of hydrogen-bond donors (Lipinski definition) is 3. The van der Waals surface area contributed by atoms with Crippen LogP contribution in [0.4, 0.5) is 0 Å². The van der Waals surface area contributed by atoms with E-state index >= 15 is 0 Å². The second-order valence-electron chi connectivity index (χ2n) is 7.95. The minimum atomic E-state index is -0.273. The van der Waals surface area contributed by atoms with Crippen LogP contribution in [0.3, 0.4) is 0 Å². The normalized spacial score (nSPS) is 15.6. The first-order chi connectivity index (χ1) is 12.7. The van der Waals surface area contributed by atoms with E-state index in [1.54, 1.807) is 0 Å². The lowest BCUT2D eigenvalue weighted by atomic mass is 10.1. The van der Waals surface area contributed by atoms with Crippen LogP contribution in [0, 0.1) is 0 Å². The van der Waals surface area contributed by atoms with E-state index in [0.717, 1.165) is 16.2 Å². The number of amides is 2. The molecule has 1 unspecified atom stereocenters. The van der Waals surface area contributed by atoms with Crippen LogP contribution in [-0.4, -0.2) is 50.2 Å². The van der Waals surface area contributed by atoms with Crippen LogP contribution in [0.5, 0.6) is 11.5 Å². The lowest BCUT2D eigenvalue weighted by Crippen LogP contribution is -3.14. The summed E-state index contributed by atoms with van der Waals surface area (Å²) >= 11 is 0. The summed E-state index contributed by atoms with van der Waals surface area (Å²) in [5.74, 6) is 1.30. The summed E-state index contributed by atoms with van der Waals surface area (Å²) < 4.78 is 11.1. The van der Waals surface area contributed by atoms with Gasteiger partial charge in [0.25, 0.3) is 11.8 Å². The maximum Gasteiger partial charge on any atom is 0.275 e. The quantitative estimate of drug-likeness (QED) is 0.644. The van der Waals surface area contributed by atoms with E-state index in [9.17, 15) is 9.59 Å². The van der Waals surface area contributed by atoms with Gasteiger partial charge in [-0.15, -0.1) is 0 Å². The van der Waals surface area contributed by atoms with Crippen LogP contribution >= 0.6 is 0 Å². The van der Waals surface area contributed by atoms with Crippen LogP contribution in [0.25, 0.3) is 0 Å². The highest BCUT2D eigenvalue weighted by atomic mass is 16.6. The second-order valence-corrected chi connectivity index (χ2v) is 7.95. The summed E-state index contributed by atoms with van der Waals surface area (Å²) in [5, 5.41) is 5.94. The molecule has 7 nitrogen and oxygen atoms in total. The minimum Gasteiger partial charge on any atom is -0.486 e. The van der Waals surface area contributed by atoms with Gasteiger partial charge in [0.05, 0.1) is 12.6 Å². The molecule has 0 saturated heterocycles. The molecule has 1 aromatic carbocycles. The fourth-order valence-electron chi connectivity index (χ4n) is 2.93. The molecule has 3 N–H and O–H groups in total. The predicted molar refractivity (Wildman–Crippen MR) is 103 cm³/mol. The Hall–Kier alpha value is -2.28. The molecule has 0 radical (unpaired) electrons. The van der Waals surface area contributed by atoms with Crippen molar-refractivity contribution < 1.29 is 24.0 Å². The van der Waals surface area contributed by atoms with Gasteiger partial charge in [-0.25, -0.2) is 0 Å². The van der Waals surface area contributed by atoms with Crippen molar-refractivity contribution in [3.8, 4) is 11.5 Å². The predicted octanol–water partition coefficient (Wildman–Crippen LogP) is 0.455. The summed E-state index contributed by atoms with van der Waals surface area (Å²) in [6.45, 7) is 12.0. The van der Waals surface area contributed by atoms with Crippen LogP contribution < -0.4 is 25.0 Å². The highest BCUT2D eigenvalue weighted by Crippen LogP contribution is 2.32. The third-order valence-corrected chi connectivity index (χ3v) is 4.28. The Morgan fingerprint density at radius 1 is 1.11 bits per heavy atom. The lowest BCUT2D eigenvalue weighted by molar-refractivity contribution is -0.881. The summed E-state index contributed by atoms with van der Waals surface area (Å²) in [6, 6.07) is 5.54. The van der Waals surface area contributed by atoms with Crippen LogP contribution in [0.1, 0.15) is 46.2 Å². The summed E-state index contributed by atoms with van der Waals surface area (Å²) in [7, 11) is 0. The molecule has 0 bridgehead atoms. The zero-order chi connectivity index (χ0) is 20.0. The third-order valence-electron chi connectivity index (χ3n) is 4.28. The van der Waals surface area contributed by atoms with E-state index in [1.807, 2.05) is 52.8 Å². The molecule has 27 heavy (non-hydrogen) atoms. The Morgan fingerprint density at radius 3 is 2.37 bits per heavy atom. The number of benzene rings is 1. The largest absolute Gasteiger partial charge is 0.486 e. The van der Waals surface area contributed by atoms with E-state index in [-0.39, 0.29) is 36.5 Å². The Morgan fingerprint density at radius 2 is 1.74 bits per heavy atom. The number of hydrogen-bond acceptors (Lipinski definition) is 4.